The Balaban J connectivity index is 2.50. The second-order valence-corrected chi connectivity index (χ2v) is 4.81. The number of aliphatic hydroxyl groups excluding tert-OH is 2. The minimum Gasteiger partial charge on any atom is -0.503 e. The lowest BCUT2D eigenvalue weighted by Crippen LogP contribution is -2.36. The quantitative estimate of drug-likeness (QED) is 0.846. The van der Waals surface area contributed by atoms with Crippen LogP contribution in [0.2, 0.25) is 0 Å². The highest BCUT2D eigenvalue weighted by atomic mass is 16.3. The predicted octanol–water partition coefficient (Wildman–Crippen LogP) is 0.747. The highest BCUT2D eigenvalue weighted by Crippen LogP contribution is 2.37. The number of hydrogen-bond acceptors (Lipinski definition) is 5. The average Bonchev–Trinajstić information content (AvgIpc) is 2.64. The number of amides is 1. The zero-order valence-corrected chi connectivity index (χ0v) is 11.3. The van der Waals surface area contributed by atoms with Gasteiger partial charge in [0.1, 0.15) is 0 Å². The van der Waals surface area contributed by atoms with Crippen molar-refractivity contribution in [3.63, 3.8) is 0 Å². The number of rotatable bonds is 4. The van der Waals surface area contributed by atoms with E-state index >= 15 is 0 Å². The number of carbonyl (C=O) groups is 2. The number of hydrogen-bond donors (Lipinski definition) is 2. The molecule has 0 saturated heterocycles. The van der Waals surface area contributed by atoms with Crippen molar-refractivity contribution in [3.8, 4) is 0 Å². The first-order valence-electron chi connectivity index (χ1n) is 6.26. The van der Waals surface area contributed by atoms with Crippen molar-refractivity contribution in [3.05, 3.63) is 41.4 Å². The normalized spacial score (nSPS) is 20.4. The molecule has 0 unspecified atom stereocenters. The predicted molar refractivity (Wildman–Crippen MR) is 70.7 cm³/mol. The van der Waals surface area contributed by atoms with E-state index in [-0.39, 0.29) is 17.9 Å². The van der Waals surface area contributed by atoms with Crippen LogP contribution in [-0.4, -0.2) is 44.4 Å². The Bertz CT molecular complexity index is 566. The summed E-state index contributed by atoms with van der Waals surface area (Å²) in [6.45, 7) is 2.86. The van der Waals surface area contributed by atoms with Crippen molar-refractivity contribution in [1.82, 2.24) is 9.88 Å². The smallest absolute Gasteiger partial charge is 0.290 e. The summed E-state index contributed by atoms with van der Waals surface area (Å²) in [7, 11) is 0. The molecule has 2 rings (SSSR count). The lowest BCUT2D eigenvalue weighted by atomic mass is 9.98. The van der Waals surface area contributed by atoms with Crippen LogP contribution >= 0.6 is 0 Å². The third-order valence-corrected chi connectivity index (χ3v) is 3.14. The Morgan fingerprint density at radius 3 is 2.75 bits per heavy atom. The standard InChI is InChI=1S/C14H16N2O4/c1-8(17)7-16-12(10-4-3-5-15-6-10)11(9(2)18)13(19)14(16)20/h3-6,8,12,17,19H,7H2,1-2H3/t8-,12-/m0/s1. The van der Waals surface area contributed by atoms with Gasteiger partial charge in [-0.25, -0.2) is 0 Å². The molecule has 0 saturated carbocycles. The third kappa shape index (κ3) is 2.42. The van der Waals surface area contributed by atoms with Gasteiger partial charge in [-0.2, -0.15) is 0 Å². The first-order chi connectivity index (χ1) is 9.43. The van der Waals surface area contributed by atoms with E-state index in [4.69, 9.17) is 0 Å². The molecule has 1 aromatic rings. The fraction of sp³-hybridized carbons (Fsp3) is 0.357. The molecule has 0 fully saturated rings. The number of nitrogens with zero attached hydrogens (tertiary/aromatic N) is 2. The van der Waals surface area contributed by atoms with E-state index in [0.29, 0.717) is 5.56 Å². The van der Waals surface area contributed by atoms with Crippen LogP contribution in [0.25, 0.3) is 0 Å². The first kappa shape index (κ1) is 14.2. The van der Waals surface area contributed by atoms with Crippen LogP contribution in [0.15, 0.2) is 35.9 Å². The summed E-state index contributed by atoms with van der Waals surface area (Å²) in [4.78, 5) is 29.1. The molecule has 0 spiro atoms. The molecule has 1 aromatic heterocycles. The topological polar surface area (TPSA) is 90.7 Å². The highest BCUT2D eigenvalue weighted by molar-refractivity contribution is 6.08. The minimum atomic E-state index is -0.766. The summed E-state index contributed by atoms with van der Waals surface area (Å²) in [5, 5.41) is 19.4. The molecular weight excluding hydrogens is 260 g/mol. The third-order valence-electron chi connectivity index (χ3n) is 3.14. The van der Waals surface area contributed by atoms with E-state index in [1.54, 1.807) is 18.3 Å². The lowest BCUT2D eigenvalue weighted by molar-refractivity contribution is -0.130. The molecule has 1 aliphatic rings. The molecular formula is C14H16N2O4. The lowest BCUT2D eigenvalue weighted by Gasteiger charge is -2.27. The Labute approximate surface area is 116 Å². The van der Waals surface area contributed by atoms with E-state index in [1.807, 2.05) is 0 Å². The van der Waals surface area contributed by atoms with Crippen LogP contribution in [0.3, 0.4) is 0 Å². The molecule has 2 N–H and O–H groups in total. The fourth-order valence-electron chi connectivity index (χ4n) is 2.37. The molecule has 2 atom stereocenters. The second-order valence-electron chi connectivity index (χ2n) is 4.81. The molecule has 106 valence electrons. The van der Waals surface area contributed by atoms with Gasteiger partial charge in [-0.05, 0) is 25.5 Å². The van der Waals surface area contributed by atoms with Crippen molar-refractivity contribution < 1.29 is 19.8 Å². The molecule has 0 aliphatic carbocycles. The van der Waals surface area contributed by atoms with Gasteiger partial charge in [-0.1, -0.05) is 6.07 Å². The molecule has 0 radical (unpaired) electrons. The van der Waals surface area contributed by atoms with E-state index in [0.717, 1.165) is 0 Å². The number of ketones is 1. The van der Waals surface area contributed by atoms with Gasteiger partial charge in [0.2, 0.25) is 0 Å². The van der Waals surface area contributed by atoms with Crippen molar-refractivity contribution in [2.24, 2.45) is 0 Å². The van der Waals surface area contributed by atoms with Crippen molar-refractivity contribution in [2.45, 2.75) is 26.0 Å². The van der Waals surface area contributed by atoms with Gasteiger partial charge in [-0.3, -0.25) is 14.6 Å². The van der Waals surface area contributed by atoms with Crippen LogP contribution in [0.4, 0.5) is 0 Å². The highest BCUT2D eigenvalue weighted by Gasteiger charge is 2.42. The summed E-state index contributed by atoms with van der Waals surface area (Å²) in [5.74, 6) is -1.57. The van der Waals surface area contributed by atoms with E-state index in [9.17, 15) is 19.8 Å². The van der Waals surface area contributed by atoms with Gasteiger partial charge in [-0.15, -0.1) is 0 Å². The number of Topliss-reactive ketones (excluding diaryl/α,β-unsaturated/α-hetero) is 1. The molecule has 6 nitrogen and oxygen atoms in total. The van der Waals surface area contributed by atoms with Crippen molar-refractivity contribution >= 4 is 11.7 Å². The Morgan fingerprint density at radius 2 is 2.25 bits per heavy atom. The van der Waals surface area contributed by atoms with Gasteiger partial charge in [0.25, 0.3) is 5.91 Å². The summed E-state index contributed by atoms with van der Waals surface area (Å²) >= 11 is 0. The van der Waals surface area contributed by atoms with Crippen LogP contribution < -0.4 is 0 Å². The van der Waals surface area contributed by atoms with Crippen LogP contribution in [-0.2, 0) is 9.59 Å². The maximum atomic E-state index is 12.1. The molecule has 2 heterocycles. The van der Waals surface area contributed by atoms with Gasteiger partial charge >= 0.3 is 0 Å². The maximum Gasteiger partial charge on any atom is 0.290 e. The second kappa shape index (κ2) is 5.42. The zero-order chi connectivity index (χ0) is 14.9. The van der Waals surface area contributed by atoms with Gasteiger partial charge in [0.05, 0.1) is 17.7 Å². The molecule has 20 heavy (non-hydrogen) atoms. The zero-order valence-electron chi connectivity index (χ0n) is 11.3. The average molecular weight is 276 g/mol. The van der Waals surface area contributed by atoms with E-state index in [1.165, 1.54) is 24.9 Å². The van der Waals surface area contributed by atoms with E-state index in [2.05, 4.69) is 4.98 Å². The monoisotopic (exact) mass is 276 g/mol. The summed E-state index contributed by atoms with van der Waals surface area (Å²) in [5.41, 5.74) is 0.666. The maximum absolute atomic E-state index is 12.1. The van der Waals surface area contributed by atoms with Gasteiger partial charge < -0.3 is 15.1 Å². The molecule has 1 aliphatic heterocycles. The van der Waals surface area contributed by atoms with Gasteiger partial charge in [0.15, 0.2) is 11.5 Å². The minimum absolute atomic E-state index is 0.0270. The SMILES string of the molecule is CC(=O)C1=C(O)C(=O)N(C[C@H](C)O)[C@H]1c1cccnc1. The molecule has 6 heteroatoms. The Morgan fingerprint density at radius 1 is 1.55 bits per heavy atom. The van der Waals surface area contributed by atoms with Crippen molar-refractivity contribution in [1.29, 1.82) is 0 Å². The summed E-state index contributed by atoms with van der Waals surface area (Å²) < 4.78 is 0. The van der Waals surface area contributed by atoms with Crippen molar-refractivity contribution in [2.75, 3.05) is 6.54 Å². The van der Waals surface area contributed by atoms with Gasteiger partial charge in [0, 0.05) is 18.9 Å². The molecule has 0 aromatic carbocycles. The van der Waals surface area contributed by atoms with Crippen LogP contribution in [0.5, 0.6) is 0 Å². The van der Waals surface area contributed by atoms with Crippen LogP contribution in [0, 0.1) is 0 Å². The van der Waals surface area contributed by atoms with E-state index < -0.39 is 23.8 Å². The van der Waals surface area contributed by atoms with Crippen LogP contribution in [0.1, 0.15) is 25.5 Å². The Hall–Kier alpha value is -2.21. The number of β-amino-alcohol motifs (C(OH)–C–C–N with tert-alkyl or cyclic N) is 1. The number of aliphatic hydroxyl groups is 2. The molecule has 1 amide bonds. The summed E-state index contributed by atoms with van der Waals surface area (Å²) in [6.07, 6.45) is 2.35. The molecule has 0 bridgehead atoms. The number of aromatic nitrogens is 1. The largest absolute Gasteiger partial charge is 0.503 e. The summed E-state index contributed by atoms with van der Waals surface area (Å²) in [6, 6.07) is 2.71. The number of carbonyl (C=O) groups excluding carboxylic acids is 2. The first-order valence-corrected chi connectivity index (χ1v) is 6.26. The number of pyridine rings is 1. The fourth-order valence-corrected chi connectivity index (χ4v) is 2.37. The Kier molecular flexibility index (Phi) is 3.85.